The van der Waals surface area contributed by atoms with E-state index < -0.39 is 5.41 Å². The predicted molar refractivity (Wildman–Crippen MR) is 254 cm³/mol. The quantitative estimate of drug-likeness (QED) is 0.160. The molecule has 11 aromatic rings. The zero-order valence-corrected chi connectivity index (χ0v) is 33.4. The fourth-order valence-corrected chi connectivity index (χ4v) is 10.0. The summed E-state index contributed by atoms with van der Waals surface area (Å²) in [6.07, 6.45) is 0. The van der Waals surface area contributed by atoms with Crippen LogP contribution in [0, 0.1) is 0 Å². The van der Waals surface area contributed by atoms with Gasteiger partial charge in [0, 0.05) is 27.6 Å². The van der Waals surface area contributed by atoms with Crippen molar-refractivity contribution in [2.75, 3.05) is 4.90 Å². The molecule has 1 aromatic heterocycles. The number of hydrogen-bond acceptors (Lipinski definition) is 2. The van der Waals surface area contributed by atoms with Gasteiger partial charge in [-0.05, 0) is 104 Å². The molecule has 0 amide bonds. The summed E-state index contributed by atoms with van der Waals surface area (Å²) in [6.45, 7) is 0. The van der Waals surface area contributed by atoms with Gasteiger partial charge in [0.2, 0.25) is 0 Å². The summed E-state index contributed by atoms with van der Waals surface area (Å²) in [5, 5.41) is 4.71. The normalized spacial score (nSPS) is 12.7. The Labute approximate surface area is 355 Å². The molecule has 2 nitrogen and oxygen atoms in total. The van der Waals surface area contributed by atoms with Crippen molar-refractivity contribution in [2.24, 2.45) is 0 Å². The Hall–Kier alpha value is -7.94. The van der Waals surface area contributed by atoms with E-state index >= 15 is 0 Å². The first kappa shape index (κ1) is 35.0. The average Bonchev–Trinajstić information content (AvgIpc) is 3.86. The SMILES string of the molecule is c1ccc(C2(c3ccccc3)c3ccccc3-c3c(N(c4ccc(-c5ccc6ccccc6c5)cc4)c4ccccc4-c4ccc5oc6ccccc6c5c4)cccc32)cc1. The molecule has 286 valence electrons. The van der Waals surface area contributed by atoms with Crippen LogP contribution in [0.5, 0.6) is 0 Å². The number of para-hydroxylation sites is 2. The van der Waals surface area contributed by atoms with Gasteiger partial charge in [0.1, 0.15) is 11.2 Å². The van der Waals surface area contributed by atoms with Crippen molar-refractivity contribution in [1.82, 2.24) is 0 Å². The first-order valence-electron chi connectivity index (χ1n) is 21.0. The molecule has 0 saturated heterocycles. The van der Waals surface area contributed by atoms with Gasteiger partial charge in [0.25, 0.3) is 0 Å². The Balaban J connectivity index is 1.11. The van der Waals surface area contributed by atoms with Gasteiger partial charge >= 0.3 is 0 Å². The van der Waals surface area contributed by atoms with E-state index in [-0.39, 0.29) is 0 Å². The van der Waals surface area contributed by atoms with Crippen LogP contribution in [0.25, 0.3) is 66.1 Å². The van der Waals surface area contributed by atoms with Crippen molar-refractivity contribution in [2.45, 2.75) is 5.41 Å². The lowest BCUT2D eigenvalue weighted by atomic mass is 9.68. The second kappa shape index (κ2) is 14.1. The Morgan fingerprint density at radius 3 is 1.74 bits per heavy atom. The van der Waals surface area contributed by atoms with E-state index in [4.69, 9.17) is 4.42 Å². The molecule has 0 aliphatic heterocycles. The summed E-state index contributed by atoms with van der Waals surface area (Å²) in [4.78, 5) is 2.48. The summed E-state index contributed by atoms with van der Waals surface area (Å²) in [5.41, 5.74) is 16.7. The van der Waals surface area contributed by atoms with Crippen LogP contribution in [0.3, 0.4) is 0 Å². The standard InChI is InChI=1S/C59H39NO/c1-3-18-45(19-4-1)59(46-20-5-2-6-21-46)52-25-12-9-24-50(52)58-53(59)26-15-28-55(58)60(47-35-32-41(33-36-47)43-31-30-40-16-7-8-17-42(40)38-43)54-27-13-10-22-48(54)44-34-37-57-51(39-44)49-23-11-14-29-56(49)61-57/h1-39H. The molecular formula is C59H39NO. The zero-order valence-electron chi connectivity index (χ0n) is 33.4. The van der Waals surface area contributed by atoms with E-state index in [9.17, 15) is 0 Å². The summed E-state index contributed by atoms with van der Waals surface area (Å²) < 4.78 is 6.30. The molecule has 0 bridgehead atoms. The van der Waals surface area contributed by atoms with Gasteiger partial charge in [-0.1, -0.05) is 188 Å². The second-order valence-corrected chi connectivity index (χ2v) is 16.0. The van der Waals surface area contributed by atoms with Crippen molar-refractivity contribution in [3.8, 4) is 33.4 Å². The lowest BCUT2D eigenvalue weighted by Crippen LogP contribution is -2.28. The first-order valence-corrected chi connectivity index (χ1v) is 21.0. The predicted octanol–water partition coefficient (Wildman–Crippen LogP) is 15.9. The van der Waals surface area contributed by atoms with Crippen LogP contribution >= 0.6 is 0 Å². The van der Waals surface area contributed by atoms with Crippen LogP contribution in [0.1, 0.15) is 22.3 Å². The van der Waals surface area contributed by atoms with E-state index in [2.05, 4.69) is 229 Å². The molecule has 12 rings (SSSR count). The maximum absolute atomic E-state index is 6.30. The van der Waals surface area contributed by atoms with E-state index in [1.165, 1.54) is 55.3 Å². The van der Waals surface area contributed by atoms with Gasteiger partial charge in [0.05, 0.1) is 16.8 Å². The van der Waals surface area contributed by atoms with Gasteiger partial charge in [0.15, 0.2) is 0 Å². The Kier molecular flexibility index (Phi) is 8.11. The molecule has 0 unspecified atom stereocenters. The molecular weight excluding hydrogens is 739 g/mol. The Morgan fingerprint density at radius 1 is 0.344 bits per heavy atom. The molecule has 61 heavy (non-hydrogen) atoms. The third kappa shape index (κ3) is 5.50. The molecule has 1 aliphatic carbocycles. The number of hydrogen-bond donors (Lipinski definition) is 0. The monoisotopic (exact) mass is 777 g/mol. The minimum Gasteiger partial charge on any atom is -0.456 e. The number of fused-ring (bicyclic) bond motifs is 7. The van der Waals surface area contributed by atoms with Gasteiger partial charge in [-0.3, -0.25) is 0 Å². The van der Waals surface area contributed by atoms with Crippen LogP contribution < -0.4 is 4.90 Å². The third-order valence-corrected chi connectivity index (χ3v) is 12.7. The van der Waals surface area contributed by atoms with Gasteiger partial charge in [-0.2, -0.15) is 0 Å². The molecule has 0 atom stereocenters. The largest absolute Gasteiger partial charge is 0.456 e. The summed E-state index contributed by atoms with van der Waals surface area (Å²) in [5.74, 6) is 0. The van der Waals surface area contributed by atoms with Crippen molar-refractivity contribution >= 4 is 49.8 Å². The summed E-state index contributed by atoms with van der Waals surface area (Å²) >= 11 is 0. The topological polar surface area (TPSA) is 16.4 Å². The molecule has 1 heterocycles. The highest BCUT2D eigenvalue weighted by Gasteiger charge is 2.47. The Morgan fingerprint density at radius 2 is 0.934 bits per heavy atom. The fourth-order valence-electron chi connectivity index (χ4n) is 10.0. The number of benzene rings is 10. The molecule has 0 spiro atoms. The van der Waals surface area contributed by atoms with E-state index in [0.29, 0.717) is 0 Å². The minimum absolute atomic E-state index is 0.525. The molecule has 1 aliphatic rings. The van der Waals surface area contributed by atoms with Gasteiger partial charge < -0.3 is 9.32 Å². The highest BCUT2D eigenvalue weighted by atomic mass is 16.3. The van der Waals surface area contributed by atoms with E-state index in [1.54, 1.807) is 0 Å². The molecule has 0 fully saturated rings. The Bertz CT molecular complexity index is 3380. The highest BCUT2D eigenvalue weighted by molar-refractivity contribution is 6.07. The smallest absolute Gasteiger partial charge is 0.135 e. The summed E-state index contributed by atoms with van der Waals surface area (Å²) in [6, 6.07) is 86.2. The highest BCUT2D eigenvalue weighted by Crippen LogP contribution is 2.60. The van der Waals surface area contributed by atoms with Crippen LogP contribution in [-0.2, 0) is 5.41 Å². The van der Waals surface area contributed by atoms with Crippen molar-refractivity contribution < 1.29 is 4.42 Å². The minimum atomic E-state index is -0.525. The number of nitrogens with zero attached hydrogens (tertiary/aromatic N) is 1. The van der Waals surface area contributed by atoms with Crippen LogP contribution in [-0.4, -0.2) is 0 Å². The van der Waals surface area contributed by atoms with Crippen molar-refractivity contribution in [3.63, 3.8) is 0 Å². The van der Waals surface area contributed by atoms with Crippen molar-refractivity contribution in [1.29, 1.82) is 0 Å². The van der Waals surface area contributed by atoms with Gasteiger partial charge in [-0.15, -0.1) is 0 Å². The van der Waals surface area contributed by atoms with Crippen molar-refractivity contribution in [3.05, 3.63) is 259 Å². The van der Waals surface area contributed by atoms with Crippen LogP contribution in [0.4, 0.5) is 17.1 Å². The van der Waals surface area contributed by atoms with E-state index in [1.807, 2.05) is 12.1 Å². The number of anilines is 3. The number of rotatable bonds is 7. The molecule has 2 heteroatoms. The molecule has 0 N–H and O–H groups in total. The maximum Gasteiger partial charge on any atom is 0.135 e. The first-order chi connectivity index (χ1) is 30.3. The van der Waals surface area contributed by atoms with Gasteiger partial charge in [-0.25, -0.2) is 0 Å². The number of furan rings is 1. The van der Waals surface area contributed by atoms with Crippen LogP contribution in [0.2, 0.25) is 0 Å². The zero-order chi connectivity index (χ0) is 40.3. The average molecular weight is 778 g/mol. The molecule has 0 saturated carbocycles. The summed E-state index contributed by atoms with van der Waals surface area (Å²) in [7, 11) is 0. The van der Waals surface area contributed by atoms with E-state index in [0.717, 1.165) is 50.1 Å². The lowest BCUT2D eigenvalue weighted by molar-refractivity contribution is 0.669. The maximum atomic E-state index is 6.30. The molecule has 10 aromatic carbocycles. The third-order valence-electron chi connectivity index (χ3n) is 12.7. The molecule has 0 radical (unpaired) electrons. The van der Waals surface area contributed by atoms with Crippen LogP contribution in [0.15, 0.2) is 241 Å². The lowest BCUT2D eigenvalue weighted by Gasteiger charge is -2.34. The second-order valence-electron chi connectivity index (χ2n) is 16.0. The fraction of sp³-hybridized carbons (Fsp3) is 0.0169.